The fourth-order valence-corrected chi connectivity index (χ4v) is 2.53. The number of hydrogen-bond donors (Lipinski definition) is 2. The zero-order chi connectivity index (χ0) is 18.7. The van der Waals surface area contributed by atoms with Crippen LogP contribution >= 0.6 is 11.6 Å². The van der Waals surface area contributed by atoms with Crippen LogP contribution in [0.15, 0.2) is 55.0 Å². The molecule has 7 heteroatoms. The minimum absolute atomic E-state index is 0.240. The fourth-order valence-electron chi connectivity index (χ4n) is 2.37. The number of aryl methyl sites for hydroxylation is 2. The van der Waals surface area contributed by atoms with Crippen molar-refractivity contribution in [3.63, 3.8) is 0 Å². The summed E-state index contributed by atoms with van der Waals surface area (Å²) in [6.07, 6.45) is 3.00. The Kier molecular flexibility index (Phi) is 5.04. The Labute approximate surface area is 155 Å². The van der Waals surface area contributed by atoms with Crippen molar-refractivity contribution in [2.45, 2.75) is 6.92 Å². The van der Waals surface area contributed by atoms with E-state index in [2.05, 4.69) is 15.6 Å². The maximum absolute atomic E-state index is 12.3. The monoisotopic (exact) mass is 368 g/mol. The van der Waals surface area contributed by atoms with Crippen LogP contribution < -0.4 is 10.6 Å². The van der Waals surface area contributed by atoms with Crippen LogP contribution in [0, 0.1) is 6.92 Å². The molecule has 3 rings (SSSR count). The first-order chi connectivity index (χ1) is 12.4. The summed E-state index contributed by atoms with van der Waals surface area (Å²) < 4.78 is 1.60. The Bertz CT molecular complexity index is 964. The molecule has 2 aromatic carbocycles. The number of halogens is 1. The fraction of sp³-hybridized carbons (Fsp3) is 0.105. The van der Waals surface area contributed by atoms with Gasteiger partial charge in [0.2, 0.25) is 0 Å². The van der Waals surface area contributed by atoms with Crippen molar-refractivity contribution >= 4 is 34.8 Å². The van der Waals surface area contributed by atoms with Crippen molar-refractivity contribution in [3.8, 4) is 0 Å². The molecule has 0 saturated heterocycles. The van der Waals surface area contributed by atoms with Crippen LogP contribution in [0.3, 0.4) is 0 Å². The van der Waals surface area contributed by atoms with Gasteiger partial charge in [0.15, 0.2) is 0 Å². The highest BCUT2D eigenvalue weighted by atomic mass is 35.5. The van der Waals surface area contributed by atoms with Crippen LogP contribution in [0.25, 0.3) is 0 Å². The molecular formula is C19H17ClN4O2. The highest BCUT2D eigenvalue weighted by molar-refractivity contribution is 6.34. The molecule has 132 valence electrons. The van der Waals surface area contributed by atoms with Gasteiger partial charge in [0.1, 0.15) is 5.69 Å². The molecule has 2 N–H and O–H groups in total. The van der Waals surface area contributed by atoms with Gasteiger partial charge in [-0.05, 0) is 37.3 Å². The van der Waals surface area contributed by atoms with Gasteiger partial charge in [-0.25, -0.2) is 4.98 Å². The predicted octanol–water partition coefficient (Wildman–Crippen LogP) is 3.89. The van der Waals surface area contributed by atoms with Crippen LogP contribution in [0.1, 0.15) is 26.4 Å². The number of hydrogen-bond acceptors (Lipinski definition) is 3. The summed E-state index contributed by atoms with van der Waals surface area (Å²) in [6.45, 7) is 1.96. The van der Waals surface area contributed by atoms with E-state index in [0.717, 1.165) is 5.56 Å². The van der Waals surface area contributed by atoms with Crippen molar-refractivity contribution in [2.75, 3.05) is 10.6 Å². The molecule has 0 unspecified atom stereocenters. The van der Waals surface area contributed by atoms with Crippen LogP contribution in [-0.4, -0.2) is 21.4 Å². The van der Waals surface area contributed by atoms with E-state index in [9.17, 15) is 9.59 Å². The Hall–Kier alpha value is -3.12. The van der Waals surface area contributed by atoms with E-state index >= 15 is 0 Å². The van der Waals surface area contributed by atoms with Gasteiger partial charge in [0.25, 0.3) is 11.8 Å². The number of amides is 2. The third kappa shape index (κ3) is 3.92. The van der Waals surface area contributed by atoms with Gasteiger partial charge in [0, 0.05) is 18.3 Å². The molecule has 1 aromatic heterocycles. The average Bonchev–Trinajstić information content (AvgIpc) is 3.04. The molecule has 0 aliphatic heterocycles. The Balaban J connectivity index is 1.77. The Morgan fingerprint density at radius 3 is 2.42 bits per heavy atom. The maximum atomic E-state index is 12.3. The van der Waals surface area contributed by atoms with Gasteiger partial charge in [-0.15, -0.1) is 0 Å². The van der Waals surface area contributed by atoms with Gasteiger partial charge in [-0.1, -0.05) is 29.3 Å². The van der Waals surface area contributed by atoms with E-state index < -0.39 is 0 Å². The second kappa shape index (κ2) is 7.41. The normalized spacial score (nSPS) is 10.4. The van der Waals surface area contributed by atoms with Crippen molar-refractivity contribution in [3.05, 3.63) is 76.8 Å². The van der Waals surface area contributed by atoms with Crippen LogP contribution in [-0.2, 0) is 7.05 Å². The number of imidazole rings is 1. The number of nitrogens with one attached hydrogen (secondary N) is 2. The summed E-state index contributed by atoms with van der Waals surface area (Å²) >= 11 is 6.16. The lowest BCUT2D eigenvalue weighted by molar-refractivity contribution is 0.101. The minimum Gasteiger partial charge on any atom is -0.330 e. The lowest BCUT2D eigenvalue weighted by Crippen LogP contribution is -2.16. The number of rotatable bonds is 4. The van der Waals surface area contributed by atoms with E-state index in [1.54, 1.807) is 41.9 Å². The van der Waals surface area contributed by atoms with E-state index in [1.165, 1.54) is 12.5 Å². The molecule has 2 amide bonds. The summed E-state index contributed by atoms with van der Waals surface area (Å²) in [5, 5.41) is 5.90. The SMILES string of the molecule is Cc1ccc(C(=O)Nc2ccc(Cl)c(NC(=O)c3cncn3C)c2)cc1. The number of aromatic nitrogens is 2. The zero-order valence-electron chi connectivity index (χ0n) is 14.3. The predicted molar refractivity (Wildman–Crippen MR) is 102 cm³/mol. The number of carbonyl (C=O) groups excluding carboxylic acids is 2. The van der Waals surface area contributed by atoms with Crippen molar-refractivity contribution in [1.29, 1.82) is 0 Å². The molecule has 3 aromatic rings. The van der Waals surface area contributed by atoms with Gasteiger partial charge in [-0.3, -0.25) is 9.59 Å². The van der Waals surface area contributed by atoms with Crippen molar-refractivity contribution < 1.29 is 9.59 Å². The Morgan fingerprint density at radius 1 is 1.04 bits per heavy atom. The summed E-state index contributed by atoms with van der Waals surface area (Å²) in [6, 6.07) is 12.2. The smallest absolute Gasteiger partial charge is 0.273 e. The Morgan fingerprint density at radius 2 is 1.77 bits per heavy atom. The molecule has 0 bridgehead atoms. The third-order valence-corrected chi connectivity index (χ3v) is 4.17. The van der Waals surface area contributed by atoms with E-state index in [1.807, 2.05) is 19.1 Å². The highest BCUT2D eigenvalue weighted by Gasteiger charge is 2.13. The summed E-state index contributed by atoms with van der Waals surface area (Å²) in [4.78, 5) is 28.6. The number of carbonyl (C=O) groups is 2. The molecule has 0 fully saturated rings. The quantitative estimate of drug-likeness (QED) is 0.733. The van der Waals surface area contributed by atoms with Crippen molar-refractivity contribution in [2.24, 2.45) is 7.05 Å². The average molecular weight is 369 g/mol. The molecule has 0 aliphatic rings. The molecule has 6 nitrogen and oxygen atoms in total. The van der Waals surface area contributed by atoms with Gasteiger partial charge < -0.3 is 15.2 Å². The summed E-state index contributed by atoms with van der Waals surface area (Å²) in [5.41, 5.74) is 2.95. The maximum Gasteiger partial charge on any atom is 0.273 e. The first kappa shape index (κ1) is 17.7. The van der Waals surface area contributed by atoms with E-state index in [4.69, 9.17) is 11.6 Å². The van der Waals surface area contributed by atoms with E-state index in [0.29, 0.717) is 27.7 Å². The van der Waals surface area contributed by atoms with Gasteiger partial charge in [-0.2, -0.15) is 0 Å². The number of nitrogens with zero attached hydrogens (tertiary/aromatic N) is 2. The van der Waals surface area contributed by atoms with Gasteiger partial charge >= 0.3 is 0 Å². The molecule has 0 saturated carbocycles. The van der Waals surface area contributed by atoms with Crippen LogP contribution in [0.2, 0.25) is 5.02 Å². The minimum atomic E-state index is -0.339. The number of anilines is 2. The van der Waals surface area contributed by atoms with E-state index in [-0.39, 0.29) is 11.8 Å². The zero-order valence-corrected chi connectivity index (χ0v) is 15.0. The molecule has 26 heavy (non-hydrogen) atoms. The topological polar surface area (TPSA) is 76.0 Å². The van der Waals surface area contributed by atoms with Crippen LogP contribution in [0.4, 0.5) is 11.4 Å². The molecule has 0 radical (unpaired) electrons. The lowest BCUT2D eigenvalue weighted by Gasteiger charge is -2.11. The molecular weight excluding hydrogens is 352 g/mol. The second-order valence-electron chi connectivity index (χ2n) is 5.86. The van der Waals surface area contributed by atoms with Crippen molar-refractivity contribution in [1.82, 2.24) is 9.55 Å². The second-order valence-corrected chi connectivity index (χ2v) is 6.27. The molecule has 0 atom stereocenters. The lowest BCUT2D eigenvalue weighted by atomic mass is 10.1. The highest BCUT2D eigenvalue weighted by Crippen LogP contribution is 2.26. The number of benzene rings is 2. The summed E-state index contributed by atoms with van der Waals surface area (Å²) in [5.74, 6) is -0.579. The van der Waals surface area contributed by atoms with Crippen LogP contribution in [0.5, 0.6) is 0 Å². The molecule has 0 aliphatic carbocycles. The third-order valence-electron chi connectivity index (χ3n) is 3.84. The first-order valence-corrected chi connectivity index (χ1v) is 8.27. The van der Waals surface area contributed by atoms with Gasteiger partial charge in [0.05, 0.1) is 23.2 Å². The largest absolute Gasteiger partial charge is 0.330 e. The standard InChI is InChI=1S/C19H17ClN4O2/c1-12-3-5-13(6-4-12)18(25)22-14-7-8-15(20)16(9-14)23-19(26)17-10-21-11-24(17)2/h3-11H,1-2H3,(H,22,25)(H,23,26). The summed E-state index contributed by atoms with van der Waals surface area (Å²) in [7, 11) is 1.72. The first-order valence-electron chi connectivity index (χ1n) is 7.89. The molecule has 1 heterocycles. The molecule has 0 spiro atoms.